The van der Waals surface area contributed by atoms with Gasteiger partial charge in [0, 0.05) is 24.2 Å². The molecule has 0 fully saturated rings. The Kier molecular flexibility index (Phi) is 7.45. The van der Waals surface area contributed by atoms with Crippen molar-refractivity contribution in [3.63, 3.8) is 0 Å². The number of furan rings is 1. The normalized spacial score (nSPS) is 11.2. The van der Waals surface area contributed by atoms with Gasteiger partial charge in [-0.05, 0) is 61.4 Å². The molecule has 1 aromatic heterocycles. The van der Waals surface area contributed by atoms with E-state index >= 15 is 0 Å². The number of nitrogens with one attached hydrogen (secondary N) is 3. The molecule has 2 amide bonds. The van der Waals surface area contributed by atoms with E-state index in [1.54, 1.807) is 49.4 Å². The van der Waals surface area contributed by atoms with Gasteiger partial charge in [0.1, 0.15) is 5.76 Å². The molecule has 0 aliphatic heterocycles. The number of carbonyl (C=O) groups excluding carboxylic acids is 2. The van der Waals surface area contributed by atoms with Crippen molar-refractivity contribution in [1.82, 2.24) is 15.4 Å². The lowest BCUT2D eigenvalue weighted by Crippen LogP contribution is -2.26. The quantitative estimate of drug-likeness (QED) is 0.459. The van der Waals surface area contributed by atoms with Crippen molar-refractivity contribution in [3.05, 3.63) is 88.9 Å². The summed E-state index contributed by atoms with van der Waals surface area (Å²) in [7, 11) is -3.83. The molecule has 0 bridgehead atoms. The lowest BCUT2D eigenvalue weighted by molar-refractivity contribution is 0.0946. The zero-order valence-corrected chi connectivity index (χ0v) is 18.7. The van der Waals surface area contributed by atoms with Gasteiger partial charge in [-0.15, -0.1) is 0 Å². The van der Waals surface area contributed by atoms with Crippen molar-refractivity contribution in [2.45, 2.75) is 31.8 Å². The van der Waals surface area contributed by atoms with Gasteiger partial charge in [-0.3, -0.25) is 9.59 Å². The van der Waals surface area contributed by atoms with Gasteiger partial charge < -0.3 is 15.1 Å². The summed E-state index contributed by atoms with van der Waals surface area (Å²) in [6, 6.07) is 14.7. The highest BCUT2D eigenvalue weighted by molar-refractivity contribution is 7.89. The molecule has 3 N–H and O–H groups in total. The number of rotatable bonds is 9. The summed E-state index contributed by atoms with van der Waals surface area (Å²) < 4.78 is 32.8. The third-order valence-corrected chi connectivity index (χ3v) is 6.16. The fourth-order valence-corrected chi connectivity index (χ4v) is 4.06. The summed E-state index contributed by atoms with van der Waals surface area (Å²) in [5.74, 6) is -0.112. The van der Waals surface area contributed by atoms with E-state index in [0.717, 1.165) is 5.56 Å². The molecule has 8 nitrogen and oxygen atoms in total. The molecule has 32 heavy (non-hydrogen) atoms. The molecule has 0 saturated heterocycles. The van der Waals surface area contributed by atoms with Crippen molar-refractivity contribution in [2.75, 3.05) is 6.54 Å². The van der Waals surface area contributed by atoms with Gasteiger partial charge in [-0.2, -0.15) is 0 Å². The highest BCUT2D eigenvalue weighted by Crippen LogP contribution is 2.17. The van der Waals surface area contributed by atoms with Crippen LogP contribution in [-0.2, 0) is 23.1 Å². The van der Waals surface area contributed by atoms with E-state index in [2.05, 4.69) is 15.4 Å². The number of aryl methyl sites for hydroxylation is 1. The topological polar surface area (TPSA) is 118 Å². The fraction of sp³-hybridized carbons (Fsp3) is 0.217. The molecule has 9 heteroatoms. The Labute approximate surface area is 187 Å². The molecule has 3 aromatic rings. The third-order valence-electron chi connectivity index (χ3n) is 4.76. The molecule has 0 aliphatic rings. The maximum absolute atomic E-state index is 12.8. The molecule has 0 unspecified atom stereocenters. The van der Waals surface area contributed by atoms with E-state index in [-0.39, 0.29) is 29.5 Å². The molecule has 0 radical (unpaired) electrons. The Balaban J connectivity index is 1.70. The highest BCUT2D eigenvalue weighted by atomic mass is 32.2. The summed E-state index contributed by atoms with van der Waals surface area (Å²) in [6.45, 7) is 4.29. The Morgan fingerprint density at radius 3 is 2.47 bits per heavy atom. The van der Waals surface area contributed by atoms with E-state index < -0.39 is 15.9 Å². The summed E-state index contributed by atoms with van der Waals surface area (Å²) in [4.78, 5) is 24.7. The highest BCUT2D eigenvalue weighted by Gasteiger charge is 2.18. The van der Waals surface area contributed by atoms with E-state index in [1.165, 1.54) is 18.4 Å². The van der Waals surface area contributed by atoms with Crippen molar-refractivity contribution in [3.8, 4) is 0 Å². The zero-order chi connectivity index (χ0) is 23.1. The minimum atomic E-state index is -3.83. The Morgan fingerprint density at radius 1 is 0.938 bits per heavy atom. The van der Waals surface area contributed by atoms with E-state index in [1.807, 2.05) is 6.92 Å². The molecule has 0 saturated carbocycles. The molecule has 0 atom stereocenters. The molecule has 0 aliphatic carbocycles. The van der Waals surface area contributed by atoms with Crippen molar-refractivity contribution >= 4 is 21.8 Å². The molecule has 168 valence electrons. The minimum absolute atomic E-state index is 0.00664. The van der Waals surface area contributed by atoms with Crippen LogP contribution < -0.4 is 15.4 Å². The standard InChI is InChI=1S/C23H25N3O5S/c1-3-24-22(27)18-7-4-6-17(12-18)14-25-23(28)21-13-20(10-9-16(21)2)32(29,30)26-15-19-8-5-11-31-19/h4-13,26H,3,14-15H2,1-2H3,(H,24,27)(H,25,28). The molecule has 3 rings (SSSR count). The lowest BCUT2D eigenvalue weighted by Gasteiger charge is -2.11. The maximum atomic E-state index is 12.8. The van der Waals surface area contributed by atoms with Gasteiger partial charge in [0.15, 0.2) is 0 Å². The average Bonchev–Trinajstić information content (AvgIpc) is 3.30. The Morgan fingerprint density at radius 2 is 1.75 bits per heavy atom. The number of carbonyl (C=O) groups is 2. The number of amides is 2. The van der Waals surface area contributed by atoms with Crippen molar-refractivity contribution in [1.29, 1.82) is 0 Å². The predicted molar refractivity (Wildman–Crippen MR) is 120 cm³/mol. The van der Waals surface area contributed by atoms with Crippen LogP contribution in [0.4, 0.5) is 0 Å². The first-order valence-corrected chi connectivity index (χ1v) is 11.6. The summed E-state index contributed by atoms with van der Waals surface area (Å²) in [5.41, 5.74) is 2.16. The fourth-order valence-electron chi connectivity index (χ4n) is 3.04. The van der Waals surface area contributed by atoms with Crippen LogP contribution in [0.3, 0.4) is 0 Å². The van der Waals surface area contributed by atoms with Crippen molar-refractivity contribution < 1.29 is 22.4 Å². The van der Waals surface area contributed by atoms with Gasteiger partial charge in [0.25, 0.3) is 11.8 Å². The van der Waals surface area contributed by atoms with E-state index in [0.29, 0.717) is 23.4 Å². The van der Waals surface area contributed by atoms with Crippen LogP contribution >= 0.6 is 0 Å². The third kappa shape index (κ3) is 5.83. The van der Waals surface area contributed by atoms with E-state index in [9.17, 15) is 18.0 Å². The van der Waals surface area contributed by atoms with Gasteiger partial charge in [-0.1, -0.05) is 18.2 Å². The van der Waals surface area contributed by atoms with Crippen LogP contribution in [-0.4, -0.2) is 26.8 Å². The summed E-state index contributed by atoms with van der Waals surface area (Å²) >= 11 is 0. The van der Waals surface area contributed by atoms with Crippen LogP contribution in [0.2, 0.25) is 0 Å². The first-order chi connectivity index (χ1) is 15.3. The SMILES string of the molecule is CCNC(=O)c1cccc(CNC(=O)c2cc(S(=O)(=O)NCc3ccco3)ccc2C)c1. The van der Waals surface area contributed by atoms with Gasteiger partial charge >= 0.3 is 0 Å². The number of hydrogen-bond donors (Lipinski definition) is 3. The largest absolute Gasteiger partial charge is 0.468 e. The molecule has 2 aromatic carbocycles. The molecular formula is C23H25N3O5S. The van der Waals surface area contributed by atoms with Crippen LogP contribution in [0.25, 0.3) is 0 Å². The van der Waals surface area contributed by atoms with Gasteiger partial charge in [0.05, 0.1) is 17.7 Å². The first-order valence-electron chi connectivity index (χ1n) is 10.1. The smallest absolute Gasteiger partial charge is 0.251 e. The summed E-state index contributed by atoms with van der Waals surface area (Å²) in [5, 5.41) is 5.52. The van der Waals surface area contributed by atoms with Crippen molar-refractivity contribution in [2.24, 2.45) is 0 Å². The van der Waals surface area contributed by atoms with Crippen LogP contribution in [0.5, 0.6) is 0 Å². The van der Waals surface area contributed by atoms with E-state index in [4.69, 9.17) is 4.42 Å². The first kappa shape index (κ1) is 23.2. The minimum Gasteiger partial charge on any atom is -0.468 e. The number of sulfonamides is 1. The second kappa shape index (κ2) is 10.3. The molecule has 0 spiro atoms. The zero-order valence-electron chi connectivity index (χ0n) is 17.8. The predicted octanol–water partition coefficient (Wildman–Crippen LogP) is 2.75. The van der Waals surface area contributed by atoms with Gasteiger partial charge in [0.2, 0.25) is 10.0 Å². The second-order valence-electron chi connectivity index (χ2n) is 7.12. The van der Waals surface area contributed by atoms with Crippen LogP contribution in [0, 0.1) is 6.92 Å². The monoisotopic (exact) mass is 455 g/mol. The van der Waals surface area contributed by atoms with Crippen LogP contribution in [0.1, 0.15) is 44.5 Å². The van der Waals surface area contributed by atoms with Gasteiger partial charge in [-0.25, -0.2) is 13.1 Å². The Bertz CT molecular complexity index is 1200. The second-order valence-corrected chi connectivity index (χ2v) is 8.89. The molecule has 1 heterocycles. The lowest BCUT2D eigenvalue weighted by atomic mass is 10.1. The Hall–Kier alpha value is -3.43. The summed E-state index contributed by atoms with van der Waals surface area (Å²) in [6.07, 6.45) is 1.46. The maximum Gasteiger partial charge on any atom is 0.251 e. The molecular weight excluding hydrogens is 430 g/mol. The number of hydrogen-bond acceptors (Lipinski definition) is 5. The number of benzene rings is 2. The average molecular weight is 456 g/mol. The van der Waals surface area contributed by atoms with Crippen LogP contribution in [0.15, 0.2) is 70.2 Å².